The molecule has 2 N–H and O–H groups in total. The minimum Gasteiger partial charge on any atom is -0.454 e. The lowest BCUT2D eigenvalue weighted by Gasteiger charge is -2.16. The molecule has 2 aromatic rings. The maximum Gasteiger partial charge on any atom is 0.325 e. The van der Waals surface area contributed by atoms with E-state index in [1.807, 2.05) is 24.3 Å². The highest BCUT2D eigenvalue weighted by Gasteiger charge is 2.44. The summed E-state index contributed by atoms with van der Waals surface area (Å²) < 4.78 is 5.25. The minimum absolute atomic E-state index is 0.0973. The number of esters is 1. The molecule has 1 aliphatic heterocycles. The highest BCUT2D eigenvalue weighted by molar-refractivity contribution is 6.11. The number of imide groups is 1. The zero-order valence-corrected chi connectivity index (χ0v) is 16.3. The minimum atomic E-state index is -0.989. The number of benzene rings is 1. The number of fused-ring (bicyclic) bond motifs is 1. The third-order valence-electron chi connectivity index (χ3n) is 4.80. The number of para-hydroxylation sites is 1. The number of aromatic nitrogens is 1. The number of carbonyl (C=O) groups is 4. The van der Waals surface area contributed by atoms with Gasteiger partial charge in [0, 0.05) is 28.7 Å². The Bertz CT molecular complexity index is 975. The number of ketones is 1. The first kappa shape index (κ1) is 19.6. The summed E-state index contributed by atoms with van der Waals surface area (Å²) in [5.41, 5.74) is 1.04. The summed E-state index contributed by atoms with van der Waals surface area (Å²) in [6, 6.07) is 6.87. The molecular weight excluding hydrogens is 362 g/mol. The lowest BCUT2D eigenvalue weighted by atomic mass is 10.0. The molecule has 1 aliphatic rings. The Balaban J connectivity index is 1.63. The Morgan fingerprint density at radius 3 is 2.54 bits per heavy atom. The van der Waals surface area contributed by atoms with Crippen LogP contribution in [0.3, 0.4) is 0 Å². The van der Waals surface area contributed by atoms with Crippen LogP contribution >= 0.6 is 0 Å². The number of aromatic amines is 1. The lowest BCUT2D eigenvalue weighted by Crippen LogP contribution is -2.40. The molecule has 2 heterocycles. The van der Waals surface area contributed by atoms with E-state index in [0.29, 0.717) is 11.3 Å². The molecule has 8 nitrogen and oxygen atoms in total. The van der Waals surface area contributed by atoms with Crippen LogP contribution in [0.15, 0.2) is 24.3 Å². The van der Waals surface area contributed by atoms with Crippen molar-refractivity contribution in [3.8, 4) is 0 Å². The molecule has 1 aromatic carbocycles. The van der Waals surface area contributed by atoms with Gasteiger partial charge in [-0.2, -0.15) is 0 Å². The van der Waals surface area contributed by atoms with Crippen molar-refractivity contribution in [3.05, 3.63) is 35.5 Å². The number of H-pyrrole nitrogens is 1. The number of ether oxygens (including phenoxy) is 1. The van der Waals surface area contributed by atoms with Gasteiger partial charge in [-0.3, -0.25) is 19.3 Å². The Kier molecular flexibility index (Phi) is 4.97. The average molecular weight is 385 g/mol. The summed E-state index contributed by atoms with van der Waals surface area (Å²) in [5, 5.41) is 3.32. The van der Waals surface area contributed by atoms with Crippen molar-refractivity contribution in [1.82, 2.24) is 15.2 Å². The van der Waals surface area contributed by atoms with Gasteiger partial charge in [0.05, 0.1) is 6.42 Å². The van der Waals surface area contributed by atoms with Crippen LogP contribution in [-0.2, 0) is 14.3 Å². The van der Waals surface area contributed by atoms with E-state index in [2.05, 4.69) is 10.3 Å². The maximum atomic E-state index is 12.8. The lowest BCUT2D eigenvalue weighted by molar-refractivity contribution is -0.146. The monoisotopic (exact) mass is 385 g/mol. The second-order valence-corrected chi connectivity index (χ2v) is 7.43. The van der Waals surface area contributed by atoms with Gasteiger partial charge in [0.2, 0.25) is 5.78 Å². The van der Waals surface area contributed by atoms with Crippen LogP contribution in [0.25, 0.3) is 10.9 Å². The molecule has 148 valence electrons. The van der Waals surface area contributed by atoms with Gasteiger partial charge in [-0.05, 0) is 33.8 Å². The summed E-state index contributed by atoms with van der Waals surface area (Å²) in [4.78, 5) is 53.1. The molecular formula is C20H23N3O5. The molecule has 1 fully saturated rings. The fraction of sp³-hybridized carbons (Fsp3) is 0.400. The normalized spacial score (nSPS) is 16.9. The standard InChI is InChI=1S/C20H23N3O5/c1-11-16(13-7-5-6-8-14(13)21-11)17(25)12(2)28-15(24)9-10-23-18(26)20(3,4)22-19(23)27/h5-8,12,21H,9-10H2,1-4H3,(H,22,27). The highest BCUT2D eigenvalue weighted by atomic mass is 16.5. The molecule has 3 rings (SSSR count). The largest absolute Gasteiger partial charge is 0.454 e. The van der Waals surface area contributed by atoms with Crippen molar-refractivity contribution in [2.45, 2.75) is 45.8 Å². The van der Waals surface area contributed by atoms with E-state index in [1.165, 1.54) is 6.92 Å². The molecule has 8 heteroatoms. The van der Waals surface area contributed by atoms with Crippen molar-refractivity contribution in [2.24, 2.45) is 0 Å². The van der Waals surface area contributed by atoms with Gasteiger partial charge in [-0.1, -0.05) is 18.2 Å². The van der Waals surface area contributed by atoms with Crippen molar-refractivity contribution in [3.63, 3.8) is 0 Å². The predicted octanol–water partition coefficient (Wildman–Crippen LogP) is 2.31. The predicted molar refractivity (Wildman–Crippen MR) is 102 cm³/mol. The number of carbonyl (C=O) groups excluding carboxylic acids is 4. The van der Waals surface area contributed by atoms with E-state index in [1.54, 1.807) is 20.8 Å². The third kappa shape index (κ3) is 3.49. The Hall–Kier alpha value is -3.16. The number of urea groups is 1. The number of Topliss-reactive ketones (excluding diaryl/α,β-unsaturated/α-hetero) is 1. The van der Waals surface area contributed by atoms with Crippen molar-refractivity contribution < 1.29 is 23.9 Å². The van der Waals surface area contributed by atoms with Crippen LogP contribution in [0.4, 0.5) is 4.79 Å². The van der Waals surface area contributed by atoms with Gasteiger partial charge in [-0.25, -0.2) is 4.79 Å². The highest BCUT2D eigenvalue weighted by Crippen LogP contribution is 2.24. The fourth-order valence-corrected chi connectivity index (χ4v) is 3.33. The Morgan fingerprint density at radius 2 is 1.89 bits per heavy atom. The Labute approximate surface area is 162 Å². The first-order valence-electron chi connectivity index (χ1n) is 9.07. The number of aryl methyl sites for hydroxylation is 1. The van der Waals surface area contributed by atoms with Crippen LogP contribution in [0, 0.1) is 6.92 Å². The number of nitrogens with one attached hydrogen (secondary N) is 2. The molecule has 1 saturated heterocycles. The molecule has 28 heavy (non-hydrogen) atoms. The van der Waals surface area contributed by atoms with E-state index in [0.717, 1.165) is 15.8 Å². The molecule has 0 aliphatic carbocycles. The van der Waals surface area contributed by atoms with E-state index >= 15 is 0 Å². The second-order valence-electron chi connectivity index (χ2n) is 7.43. The summed E-state index contributed by atoms with van der Waals surface area (Å²) in [7, 11) is 0. The third-order valence-corrected chi connectivity index (χ3v) is 4.80. The van der Waals surface area contributed by atoms with Gasteiger partial charge in [-0.15, -0.1) is 0 Å². The molecule has 1 atom stereocenters. The quantitative estimate of drug-likeness (QED) is 0.451. The summed E-state index contributed by atoms with van der Waals surface area (Å²) in [6.45, 7) is 6.39. The maximum absolute atomic E-state index is 12.8. The number of rotatable bonds is 6. The van der Waals surface area contributed by atoms with E-state index in [4.69, 9.17) is 4.74 Å². The van der Waals surface area contributed by atoms with Crippen molar-refractivity contribution in [1.29, 1.82) is 0 Å². The van der Waals surface area contributed by atoms with Gasteiger partial charge in [0.15, 0.2) is 6.10 Å². The van der Waals surface area contributed by atoms with Crippen molar-refractivity contribution >= 4 is 34.6 Å². The van der Waals surface area contributed by atoms with Crippen LogP contribution in [0.1, 0.15) is 43.2 Å². The number of nitrogens with zero attached hydrogens (tertiary/aromatic N) is 1. The molecule has 1 aromatic heterocycles. The van der Waals surface area contributed by atoms with Gasteiger partial charge >= 0.3 is 12.0 Å². The van der Waals surface area contributed by atoms with E-state index < -0.39 is 29.6 Å². The molecule has 3 amide bonds. The fourth-order valence-electron chi connectivity index (χ4n) is 3.33. The average Bonchev–Trinajstić information content (AvgIpc) is 3.05. The molecule has 0 spiro atoms. The molecule has 0 radical (unpaired) electrons. The SMILES string of the molecule is Cc1[nH]c2ccccc2c1C(=O)C(C)OC(=O)CCN1C(=O)NC(C)(C)C1=O. The van der Waals surface area contributed by atoms with Gasteiger partial charge in [0.1, 0.15) is 5.54 Å². The number of hydrogen-bond acceptors (Lipinski definition) is 5. The molecule has 1 unspecified atom stereocenters. The van der Waals surface area contributed by atoms with E-state index in [-0.39, 0.29) is 18.7 Å². The number of hydrogen-bond donors (Lipinski definition) is 2. The van der Waals surface area contributed by atoms with Crippen LogP contribution < -0.4 is 5.32 Å². The van der Waals surface area contributed by atoms with Crippen LogP contribution in [0.5, 0.6) is 0 Å². The summed E-state index contributed by atoms with van der Waals surface area (Å²) in [6.07, 6.45) is -1.16. The smallest absolute Gasteiger partial charge is 0.325 e. The molecule has 0 bridgehead atoms. The Morgan fingerprint density at radius 1 is 1.21 bits per heavy atom. The summed E-state index contributed by atoms with van der Waals surface area (Å²) >= 11 is 0. The summed E-state index contributed by atoms with van der Waals surface area (Å²) in [5.74, 6) is -1.35. The second kappa shape index (κ2) is 7.10. The van der Waals surface area contributed by atoms with Gasteiger partial charge in [0.25, 0.3) is 5.91 Å². The first-order valence-corrected chi connectivity index (χ1v) is 9.07. The zero-order chi connectivity index (χ0) is 20.6. The molecule has 0 saturated carbocycles. The van der Waals surface area contributed by atoms with Gasteiger partial charge < -0.3 is 15.0 Å². The zero-order valence-electron chi connectivity index (χ0n) is 16.3. The topological polar surface area (TPSA) is 109 Å². The van der Waals surface area contributed by atoms with Crippen molar-refractivity contribution in [2.75, 3.05) is 6.54 Å². The van der Waals surface area contributed by atoms with Crippen LogP contribution in [-0.4, -0.2) is 51.8 Å². The van der Waals surface area contributed by atoms with E-state index in [9.17, 15) is 19.2 Å². The van der Waals surface area contributed by atoms with Crippen LogP contribution in [0.2, 0.25) is 0 Å². The number of amides is 3. The first-order chi connectivity index (χ1) is 13.1.